The van der Waals surface area contributed by atoms with Crippen molar-refractivity contribution >= 4 is 34.4 Å². The molecule has 2 aromatic heterocycles. The van der Waals surface area contributed by atoms with Crippen molar-refractivity contribution in [3.63, 3.8) is 0 Å². The number of benzene rings is 1. The van der Waals surface area contributed by atoms with Gasteiger partial charge in [-0.05, 0) is 68.0 Å². The highest BCUT2D eigenvalue weighted by atomic mass is 32.1. The highest BCUT2D eigenvalue weighted by Crippen LogP contribution is 2.37. The molecule has 158 valence electrons. The minimum atomic E-state index is -0.253. The summed E-state index contributed by atoms with van der Waals surface area (Å²) in [6, 6.07) is 13.6. The van der Waals surface area contributed by atoms with Crippen LogP contribution in [0.2, 0.25) is 0 Å². The van der Waals surface area contributed by atoms with Crippen LogP contribution in [0.25, 0.3) is 5.57 Å². The van der Waals surface area contributed by atoms with Crippen molar-refractivity contribution < 1.29 is 9.59 Å². The lowest BCUT2D eigenvalue weighted by atomic mass is 10.1. The first-order valence-corrected chi connectivity index (χ1v) is 11.3. The van der Waals surface area contributed by atoms with Gasteiger partial charge in [0.2, 0.25) is 0 Å². The number of aromatic nitrogens is 1. The second-order valence-corrected chi connectivity index (χ2v) is 8.57. The standard InChI is InChI=1S/C25H25N3O2S/c1-4-27(14-11-19-9-12-26-13-10-19)23-22(21-6-5-15-31-21)24(29)28(25(23)30)20-8-7-17(2)16-18(20)3/h5-10,12-13,15-16H,4,11,14H2,1-3H3. The van der Waals surface area contributed by atoms with E-state index in [-0.39, 0.29) is 11.8 Å². The van der Waals surface area contributed by atoms with Crippen LogP contribution < -0.4 is 4.90 Å². The molecule has 6 heteroatoms. The van der Waals surface area contributed by atoms with Gasteiger partial charge in [-0.15, -0.1) is 11.3 Å². The van der Waals surface area contributed by atoms with E-state index >= 15 is 0 Å². The first-order valence-electron chi connectivity index (χ1n) is 10.4. The first-order chi connectivity index (χ1) is 15.0. The molecule has 3 aromatic rings. The summed E-state index contributed by atoms with van der Waals surface area (Å²) in [5, 5.41) is 1.94. The monoisotopic (exact) mass is 431 g/mol. The van der Waals surface area contributed by atoms with Gasteiger partial charge < -0.3 is 4.90 Å². The summed E-state index contributed by atoms with van der Waals surface area (Å²) in [4.78, 5) is 35.5. The Balaban J connectivity index is 1.74. The lowest BCUT2D eigenvalue weighted by Crippen LogP contribution is -2.36. The van der Waals surface area contributed by atoms with Crippen LogP contribution in [-0.2, 0) is 16.0 Å². The van der Waals surface area contributed by atoms with E-state index in [1.165, 1.54) is 16.2 Å². The quantitative estimate of drug-likeness (QED) is 0.513. The van der Waals surface area contributed by atoms with Gasteiger partial charge in [-0.2, -0.15) is 0 Å². The molecule has 5 nitrogen and oxygen atoms in total. The summed E-state index contributed by atoms with van der Waals surface area (Å²) in [6.07, 6.45) is 4.31. The summed E-state index contributed by atoms with van der Waals surface area (Å²) in [5.41, 5.74) is 4.79. The maximum atomic E-state index is 13.7. The van der Waals surface area contributed by atoms with E-state index in [2.05, 4.69) is 4.98 Å². The summed E-state index contributed by atoms with van der Waals surface area (Å²) >= 11 is 1.48. The summed E-state index contributed by atoms with van der Waals surface area (Å²) in [7, 11) is 0. The number of aryl methyl sites for hydroxylation is 2. The van der Waals surface area contributed by atoms with E-state index < -0.39 is 0 Å². The molecule has 0 bridgehead atoms. The van der Waals surface area contributed by atoms with E-state index in [0.717, 1.165) is 28.0 Å². The Hall–Kier alpha value is -3.25. The number of pyridine rings is 1. The van der Waals surface area contributed by atoms with Crippen LogP contribution in [0.1, 0.15) is 28.5 Å². The molecule has 4 rings (SSSR count). The predicted molar refractivity (Wildman–Crippen MR) is 125 cm³/mol. The maximum Gasteiger partial charge on any atom is 0.282 e. The number of anilines is 1. The Kier molecular flexibility index (Phi) is 6.00. The number of rotatable bonds is 7. The van der Waals surface area contributed by atoms with E-state index in [0.29, 0.717) is 30.0 Å². The van der Waals surface area contributed by atoms with Crippen molar-refractivity contribution in [3.05, 3.63) is 87.5 Å². The smallest absolute Gasteiger partial charge is 0.282 e. The first kappa shape index (κ1) is 21.0. The number of thiophene rings is 1. The third kappa shape index (κ3) is 4.03. The van der Waals surface area contributed by atoms with E-state index in [9.17, 15) is 9.59 Å². The second-order valence-electron chi connectivity index (χ2n) is 7.62. The van der Waals surface area contributed by atoms with Crippen molar-refractivity contribution in [2.24, 2.45) is 0 Å². The SMILES string of the molecule is CCN(CCc1ccncc1)C1=C(c2cccs2)C(=O)N(c2ccc(C)cc2C)C1=O. The zero-order valence-corrected chi connectivity index (χ0v) is 18.8. The summed E-state index contributed by atoms with van der Waals surface area (Å²) in [6.45, 7) is 7.23. The Morgan fingerprint density at radius 3 is 2.45 bits per heavy atom. The Morgan fingerprint density at radius 1 is 1.03 bits per heavy atom. The molecule has 3 heterocycles. The van der Waals surface area contributed by atoms with Crippen molar-refractivity contribution in [1.82, 2.24) is 9.88 Å². The number of carbonyl (C=O) groups excluding carboxylic acids is 2. The highest BCUT2D eigenvalue weighted by molar-refractivity contribution is 7.11. The predicted octanol–water partition coefficient (Wildman–Crippen LogP) is 4.61. The number of likely N-dealkylation sites (N-methyl/N-ethyl adjacent to an activating group) is 1. The number of amides is 2. The van der Waals surface area contributed by atoms with Gasteiger partial charge in [0.25, 0.3) is 11.8 Å². The lowest BCUT2D eigenvalue weighted by Gasteiger charge is -2.25. The van der Waals surface area contributed by atoms with Gasteiger partial charge in [0.05, 0.1) is 11.3 Å². The molecule has 1 aliphatic heterocycles. The third-order valence-electron chi connectivity index (χ3n) is 5.54. The van der Waals surface area contributed by atoms with E-state index in [1.807, 2.05) is 73.5 Å². The molecule has 0 fully saturated rings. The molecule has 1 aliphatic rings. The maximum absolute atomic E-state index is 13.7. The van der Waals surface area contributed by atoms with Gasteiger partial charge in [0.15, 0.2) is 0 Å². The van der Waals surface area contributed by atoms with Crippen LogP contribution in [-0.4, -0.2) is 34.8 Å². The molecule has 31 heavy (non-hydrogen) atoms. The molecule has 0 saturated heterocycles. The van der Waals surface area contributed by atoms with Gasteiger partial charge in [-0.25, -0.2) is 4.90 Å². The molecular weight excluding hydrogens is 406 g/mol. The minimum Gasteiger partial charge on any atom is -0.366 e. The van der Waals surface area contributed by atoms with Gasteiger partial charge in [-0.1, -0.05) is 23.8 Å². The number of nitrogens with zero attached hydrogens (tertiary/aromatic N) is 3. The van der Waals surface area contributed by atoms with Crippen LogP contribution in [0.15, 0.2) is 65.9 Å². The van der Waals surface area contributed by atoms with E-state index in [1.54, 1.807) is 12.4 Å². The van der Waals surface area contributed by atoms with Crippen LogP contribution >= 0.6 is 11.3 Å². The van der Waals surface area contributed by atoms with Crippen molar-refractivity contribution in [3.8, 4) is 0 Å². The molecule has 0 spiro atoms. The fourth-order valence-corrected chi connectivity index (χ4v) is 4.73. The summed E-state index contributed by atoms with van der Waals surface area (Å²) < 4.78 is 0. The Morgan fingerprint density at radius 2 is 1.81 bits per heavy atom. The summed E-state index contributed by atoms with van der Waals surface area (Å²) in [5.74, 6) is -0.506. The van der Waals surface area contributed by atoms with E-state index in [4.69, 9.17) is 0 Å². The van der Waals surface area contributed by atoms with Crippen LogP contribution in [0.5, 0.6) is 0 Å². The molecule has 0 saturated carbocycles. The minimum absolute atomic E-state index is 0.253. The molecule has 2 amide bonds. The number of imide groups is 1. The molecule has 0 unspecified atom stereocenters. The zero-order chi connectivity index (χ0) is 22.0. The van der Waals surface area contributed by atoms with Gasteiger partial charge in [0, 0.05) is 30.4 Å². The highest BCUT2D eigenvalue weighted by Gasteiger charge is 2.43. The van der Waals surface area contributed by atoms with Crippen molar-refractivity contribution in [2.75, 3.05) is 18.0 Å². The van der Waals surface area contributed by atoms with Crippen LogP contribution in [0, 0.1) is 13.8 Å². The molecule has 0 N–H and O–H groups in total. The fraction of sp³-hybridized carbons (Fsp3) is 0.240. The lowest BCUT2D eigenvalue weighted by molar-refractivity contribution is -0.120. The van der Waals surface area contributed by atoms with Gasteiger partial charge in [0.1, 0.15) is 5.70 Å². The molecular formula is C25H25N3O2S. The molecule has 1 aromatic carbocycles. The molecule has 0 radical (unpaired) electrons. The fourth-order valence-electron chi connectivity index (χ4n) is 3.97. The Labute approximate surface area is 186 Å². The number of hydrogen-bond donors (Lipinski definition) is 0. The Bertz CT molecular complexity index is 1140. The average molecular weight is 432 g/mol. The van der Waals surface area contributed by atoms with Gasteiger partial charge >= 0.3 is 0 Å². The normalized spacial score (nSPS) is 14.0. The topological polar surface area (TPSA) is 53.5 Å². The number of carbonyl (C=O) groups is 2. The second kappa shape index (κ2) is 8.86. The third-order valence-corrected chi connectivity index (χ3v) is 6.43. The largest absolute Gasteiger partial charge is 0.366 e. The zero-order valence-electron chi connectivity index (χ0n) is 18.0. The van der Waals surface area contributed by atoms with Crippen molar-refractivity contribution in [2.45, 2.75) is 27.2 Å². The van der Waals surface area contributed by atoms with Crippen molar-refractivity contribution in [1.29, 1.82) is 0 Å². The number of hydrogen-bond acceptors (Lipinski definition) is 5. The average Bonchev–Trinajstić information content (AvgIpc) is 3.37. The van der Waals surface area contributed by atoms with Crippen LogP contribution in [0.3, 0.4) is 0 Å². The molecule has 0 aliphatic carbocycles. The van der Waals surface area contributed by atoms with Gasteiger partial charge in [-0.3, -0.25) is 14.6 Å². The molecule has 0 atom stereocenters. The van der Waals surface area contributed by atoms with Crippen LogP contribution in [0.4, 0.5) is 5.69 Å².